The van der Waals surface area contributed by atoms with E-state index in [1.54, 1.807) is 42.5 Å². The number of hydrogen-bond acceptors (Lipinski definition) is 4. The smallest absolute Gasteiger partial charge is 0.255 e. The monoisotopic (exact) mass is 402 g/mol. The van der Waals surface area contributed by atoms with Crippen LogP contribution in [-0.2, 0) is 4.79 Å². The summed E-state index contributed by atoms with van der Waals surface area (Å²) in [7, 11) is 0. The number of hydrogen-bond donors (Lipinski definition) is 2. The van der Waals surface area contributed by atoms with Gasteiger partial charge in [0.1, 0.15) is 13.2 Å². The first-order valence-electron chi connectivity index (χ1n) is 9.77. The quantitative estimate of drug-likeness (QED) is 0.661. The molecule has 0 spiro atoms. The molecule has 1 aliphatic heterocycles. The molecular formula is C24H22N2O4. The van der Waals surface area contributed by atoms with Crippen LogP contribution in [0.25, 0.3) is 0 Å². The lowest BCUT2D eigenvalue weighted by Crippen LogP contribution is -2.21. The van der Waals surface area contributed by atoms with Gasteiger partial charge >= 0.3 is 0 Å². The zero-order chi connectivity index (χ0) is 20.9. The zero-order valence-corrected chi connectivity index (χ0v) is 16.6. The minimum atomic E-state index is -0.418. The van der Waals surface area contributed by atoms with Crippen LogP contribution in [0, 0.1) is 0 Å². The number of anilines is 2. The van der Waals surface area contributed by atoms with Crippen molar-refractivity contribution in [3.05, 3.63) is 83.9 Å². The van der Waals surface area contributed by atoms with Gasteiger partial charge in [-0.2, -0.15) is 0 Å². The Kier molecular flexibility index (Phi) is 5.66. The van der Waals surface area contributed by atoms with Gasteiger partial charge < -0.3 is 20.1 Å². The Morgan fingerprint density at radius 2 is 1.43 bits per heavy atom. The summed E-state index contributed by atoms with van der Waals surface area (Å²) in [5, 5.41) is 5.78. The Balaban J connectivity index is 1.49. The molecule has 30 heavy (non-hydrogen) atoms. The number of ether oxygens (including phenoxy) is 2. The van der Waals surface area contributed by atoms with E-state index in [9.17, 15) is 9.59 Å². The maximum atomic E-state index is 12.9. The van der Waals surface area contributed by atoms with Gasteiger partial charge in [0.2, 0.25) is 5.91 Å². The summed E-state index contributed by atoms with van der Waals surface area (Å²) in [4.78, 5) is 25.4. The lowest BCUT2D eigenvalue weighted by atomic mass is 9.99. The fourth-order valence-electron chi connectivity index (χ4n) is 3.21. The Labute approximate surface area is 174 Å². The van der Waals surface area contributed by atoms with Crippen LogP contribution in [0.5, 0.6) is 11.5 Å². The van der Waals surface area contributed by atoms with Gasteiger partial charge in [0.15, 0.2) is 11.5 Å². The second kappa shape index (κ2) is 8.69. The van der Waals surface area contributed by atoms with Gasteiger partial charge in [-0.05, 0) is 48.9 Å². The number of amides is 2. The topological polar surface area (TPSA) is 76.7 Å². The van der Waals surface area contributed by atoms with E-state index >= 15 is 0 Å². The number of benzene rings is 3. The molecule has 0 bridgehead atoms. The van der Waals surface area contributed by atoms with E-state index in [-0.39, 0.29) is 11.8 Å². The van der Waals surface area contributed by atoms with E-state index in [0.717, 1.165) is 5.56 Å². The van der Waals surface area contributed by atoms with Gasteiger partial charge in [0, 0.05) is 5.56 Å². The Bertz CT molecular complexity index is 1070. The van der Waals surface area contributed by atoms with Crippen LogP contribution in [0.1, 0.15) is 28.8 Å². The molecule has 3 aromatic rings. The summed E-state index contributed by atoms with van der Waals surface area (Å²) in [6.07, 6.45) is 0. The van der Waals surface area contributed by atoms with Crippen molar-refractivity contribution in [1.29, 1.82) is 0 Å². The molecule has 4 rings (SSSR count). The van der Waals surface area contributed by atoms with Gasteiger partial charge in [-0.15, -0.1) is 0 Å². The molecule has 1 unspecified atom stereocenters. The predicted octanol–water partition coefficient (Wildman–Crippen LogP) is 4.45. The molecule has 0 saturated heterocycles. The highest BCUT2D eigenvalue weighted by Crippen LogP contribution is 2.33. The third kappa shape index (κ3) is 4.27. The lowest BCUT2D eigenvalue weighted by Gasteiger charge is -2.20. The molecule has 2 N–H and O–H groups in total. The Morgan fingerprint density at radius 1 is 0.800 bits per heavy atom. The van der Waals surface area contributed by atoms with E-state index in [2.05, 4.69) is 10.6 Å². The summed E-state index contributed by atoms with van der Waals surface area (Å²) < 4.78 is 11.2. The van der Waals surface area contributed by atoms with Crippen LogP contribution in [0.3, 0.4) is 0 Å². The van der Waals surface area contributed by atoms with E-state index < -0.39 is 5.92 Å². The van der Waals surface area contributed by atoms with Crippen molar-refractivity contribution < 1.29 is 19.1 Å². The zero-order valence-electron chi connectivity index (χ0n) is 16.6. The van der Waals surface area contributed by atoms with Gasteiger partial charge in [-0.25, -0.2) is 0 Å². The highest BCUT2D eigenvalue weighted by molar-refractivity contribution is 6.07. The van der Waals surface area contributed by atoms with E-state index in [1.807, 2.05) is 37.3 Å². The summed E-state index contributed by atoms with van der Waals surface area (Å²) in [6.45, 7) is 2.84. The highest BCUT2D eigenvalue weighted by Gasteiger charge is 2.20. The molecule has 1 heterocycles. The maximum Gasteiger partial charge on any atom is 0.255 e. The van der Waals surface area contributed by atoms with E-state index in [4.69, 9.17) is 9.47 Å². The first-order chi connectivity index (χ1) is 14.6. The normalized spacial score (nSPS) is 13.2. The molecule has 0 aliphatic carbocycles. The van der Waals surface area contributed by atoms with Gasteiger partial charge in [0.05, 0.1) is 17.3 Å². The second-order valence-corrected chi connectivity index (χ2v) is 6.98. The van der Waals surface area contributed by atoms with Gasteiger partial charge in [-0.1, -0.05) is 36.4 Å². The summed E-state index contributed by atoms with van der Waals surface area (Å²) >= 11 is 0. The Morgan fingerprint density at radius 3 is 2.17 bits per heavy atom. The molecule has 0 saturated carbocycles. The molecule has 6 heteroatoms. The molecule has 152 valence electrons. The van der Waals surface area contributed by atoms with Crippen molar-refractivity contribution in [3.8, 4) is 11.5 Å². The highest BCUT2D eigenvalue weighted by atomic mass is 16.6. The maximum absolute atomic E-state index is 12.9. The summed E-state index contributed by atoms with van der Waals surface area (Å²) in [5.41, 5.74) is 2.44. The number of fused-ring (bicyclic) bond motifs is 1. The molecule has 1 atom stereocenters. The number of para-hydroxylation sites is 2. The molecule has 0 aromatic heterocycles. The largest absolute Gasteiger partial charge is 0.486 e. The second-order valence-electron chi connectivity index (χ2n) is 6.98. The molecule has 3 aromatic carbocycles. The van der Waals surface area contributed by atoms with Crippen molar-refractivity contribution in [3.63, 3.8) is 0 Å². The molecular weight excluding hydrogens is 380 g/mol. The summed E-state index contributed by atoms with van der Waals surface area (Å²) in [5.74, 6) is 0.490. The van der Waals surface area contributed by atoms with Crippen LogP contribution >= 0.6 is 0 Å². The van der Waals surface area contributed by atoms with Crippen LogP contribution in [0.15, 0.2) is 72.8 Å². The van der Waals surface area contributed by atoms with Crippen molar-refractivity contribution in [1.82, 2.24) is 0 Å². The third-order valence-electron chi connectivity index (χ3n) is 4.93. The van der Waals surface area contributed by atoms with Crippen molar-refractivity contribution in [2.45, 2.75) is 12.8 Å². The molecule has 2 amide bonds. The predicted molar refractivity (Wildman–Crippen MR) is 115 cm³/mol. The van der Waals surface area contributed by atoms with Crippen LogP contribution in [0.2, 0.25) is 0 Å². The minimum Gasteiger partial charge on any atom is -0.486 e. The minimum absolute atomic E-state index is 0.187. The van der Waals surface area contributed by atoms with E-state index in [1.165, 1.54) is 0 Å². The number of carbonyl (C=O) groups excluding carboxylic acids is 2. The lowest BCUT2D eigenvalue weighted by molar-refractivity contribution is -0.117. The standard InChI is InChI=1S/C24H22N2O4/c1-16(18-11-12-21-22(15-18)30-14-13-29-21)23(27)25-19-9-5-6-10-20(19)26-24(28)17-7-3-2-4-8-17/h2-12,15-16H,13-14H2,1H3,(H,25,27)(H,26,28). The van der Waals surface area contributed by atoms with Crippen LogP contribution in [0.4, 0.5) is 11.4 Å². The molecule has 6 nitrogen and oxygen atoms in total. The number of carbonyl (C=O) groups is 2. The average Bonchev–Trinajstić information content (AvgIpc) is 2.80. The number of rotatable bonds is 5. The molecule has 1 aliphatic rings. The van der Waals surface area contributed by atoms with Gasteiger partial charge in [-0.3, -0.25) is 9.59 Å². The van der Waals surface area contributed by atoms with E-state index in [0.29, 0.717) is 41.7 Å². The van der Waals surface area contributed by atoms with Crippen LogP contribution in [-0.4, -0.2) is 25.0 Å². The first kappa shape index (κ1) is 19.5. The fraction of sp³-hybridized carbons (Fsp3) is 0.167. The molecule has 0 radical (unpaired) electrons. The third-order valence-corrected chi connectivity index (χ3v) is 4.93. The van der Waals surface area contributed by atoms with Crippen LogP contribution < -0.4 is 20.1 Å². The Hall–Kier alpha value is -3.80. The SMILES string of the molecule is CC(C(=O)Nc1ccccc1NC(=O)c1ccccc1)c1ccc2c(c1)OCCO2. The molecule has 0 fully saturated rings. The van der Waals surface area contributed by atoms with Gasteiger partial charge in [0.25, 0.3) is 5.91 Å². The van der Waals surface area contributed by atoms with Crippen molar-refractivity contribution in [2.75, 3.05) is 23.8 Å². The van der Waals surface area contributed by atoms with Crippen molar-refractivity contribution in [2.24, 2.45) is 0 Å². The van der Waals surface area contributed by atoms with Crippen molar-refractivity contribution >= 4 is 23.2 Å². The first-order valence-corrected chi connectivity index (χ1v) is 9.77. The average molecular weight is 402 g/mol. The number of nitrogens with one attached hydrogen (secondary N) is 2. The fourth-order valence-corrected chi connectivity index (χ4v) is 3.21. The summed E-state index contributed by atoms with van der Waals surface area (Å²) in [6, 6.07) is 21.6.